The zero-order valence-corrected chi connectivity index (χ0v) is 15.9. The van der Waals surface area contributed by atoms with Gasteiger partial charge in [-0.25, -0.2) is 13.8 Å². The van der Waals surface area contributed by atoms with Crippen molar-refractivity contribution in [2.24, 2.45) is 0 Å². The number of hydrogen-bond donors (Lipinski definition) is 0. The number of thiazole rings is 1. The number of morpholine rings is 1. The topological polar surface area (TPSA) is 81.9 Å². The monoisotopic (exact) mass is 415 g/mol. The smallest absolute Gasteiger partial charge is 0.296 e. The van der Waals surface area contributed by atoms with E-state index in [0.29, 0.717) is 49.1 Å². The molecule has 0 atom stereocenters. The normalized spacial score (nSPS) is 14.8. The summed E-state index contributed by atoms with van der Waals surface area (Å²) in [4.78, 5) is 24.4. The van der Waals surface area contributed by atoms with E-state index < -0.39 is 12.2 Å². The van der Waals surface area contributed by atoms with Crippen molar-refractivity contribution in [3.8, 4) is 16.6 Å². The molecule has 0 bridgehead atoms. The number of ether oxygens (including phenoxy) is 1. The fourth-order valence-corrected chi connectivity index (χ4v) is 3.75. The molecule has 148 valence electrons. The summed E-state index contributed by atoms with van der Waals surface area (Å²) in [5.41, 5.74) is 2.64. The van der Waals surface area contributed by atoms with Gasteiger partial charge in [0.25, 0.3) is 6.43 Å². The van der Waals surface area contributed by atoms with E-state index in [0.717, 1.165) is 4.88 Å². The van der Waals surface area contributed by atoms with Crippen molar-refractivity contribution in [1.29, 1.82) is 0 Å². The molecule has 0 N–H and O–H groups in total. The van der Waals surface area contributed by atoms with Gasteiger partial charge in [-0.05, 0) is 12.1 Å². The van der Waals surface area contributed by atoms with Crippen molar-refractivity contribution in [3.05, 3.63) is 41.8 Å². The zero-order valence-electron chi connectivity index (χ0n) is 15.1. The summed E-state index contributed by atoms with van der Waals surface area (Å²) in [7, 11) is 0. The molecule has 1 fully saturated rings. The number of aromatic nitrogens is 6. The van der Waals surface area contributed by atoms with E-state index in [2.05, 4.69) is 24.9 Å². The quantitative estimate of drug-likeness (QED) is 0.507. The SMILES string of the molecule is FC(F)c1nc2ccccc2n1-c1nc(-c2cncs2)nc(N2CCOCC2)n1. The Morgan fingerprint density at radius 2 is 1.79 bits per heavy atom. The highest BCUT2D eigenvalue weighted by molar-refractivity contribution is 7.13. The fourth-order valence-electron chi connectivity index (χ4n) is 3.20. The van der Waals surface area contributed by atoms with E-state index in [1.165, 1.54) is 15.9 Å². The van der Waals surface area contributed by atoms with E-state index in [1.54, 1.807) is 36.0 Å². The number of alkyl halides is 2. The number of hydrogen-bond acceptors (Lipinski definition) is 8. The van der Waals surface area contributed by atoms with Crippen molar-refractivity contribution < 1.29 is 13.5 Å². The minimum Gasteiger partial charge on any atom is -0.378 e. The highest BCUT2D eigenvalue weighted by atomic mass is 32.1. The second-order valence-corrected chi connectivity index (χ2v) is 7.21. The third kappa shape index (κ3) is 3.32. The molecular formula is C18H15F2N7OS. The van der Waals surface area contributed by atoms with E-state index in [-0.39, 0.29) is 5.95 Å². The lowest BCUT2D eigenvalue weighted by atomic mass is 10.3. The largest absolute Gasteiger partial charge is 0.378 e. The molecule has 8 nitrogen and oxygen atoms in total. The highest BCUT2D eigenvalue weighted by Gasteiger charge is 2.24. The molecule has 1 aliphatic heterocycles. The van der Waals surface area contributed by atoms with Crippen LogP contribution in [0.25, 0.3) is 27.7 Å². The minimum atomic E-state index is -2.78. The van der Waals surface area contributed by atoms with Gasteiger partial charge in [-0.2, -0.15) is 15.0 Å². The summed E-state index contributed by atoms with van der Waals surface area (Å²) in [5.74, 6) is 0.506. The number of para-hydroxylation sites is 2. The maximum Gasteiger partial charge on any atom is 0.296 e. The molecule has 29 heavy (non-hydrogen) atoms. The molecular weight excluding hydrogens is 400 g/mol. The number of halogens is 2. The molecule has 5 rings (SSSR count). The first kappa shape index (κ1) is 18.0. The lowest BCUT2D eigenvalue weighted by molar-refractivity contribution is 0.122. The Morgan fingerprint density at radius 3 is 2.55 bits per heavy atom. The summed E-state index contributed by atoms with van der Waals surface area (Å²) in [6.45, 7) is 2.32. The van der Waals surface area contributed by atoms with Gasteiger partial charge < -0.3 is 9.64 Å². The lowest BCUT2D eigenvalue weighted by Crippen LogP contribution is -2.37. The number of imidazole rings is 1. The van der Waals surface area contributed by atoms with E-state index in [9.17, 15) is 8.78 Å². The first-order chi connectivity index (χ1) is 14.2. The Labute approximate surface area is 167 Å². The fraction of sp³-hybridized carbons (Fsp3) is 0.278. The van der Waals surface area contributed by atoms with Gasteiger partial charge in [0.05, 0.1) is 34.6 Å². The molecule has 1 aliphatic rings. The van der Waals surface area contributed by atoms with Crippen LogP contribution in [0, 0.1) is 0 Å². The molecule has 0 unspecified atom stereocenters. The van der Waals surface area contributed by atoms with E-state index >= 15 is 0 Å². The van der Waals surface area contributed by atoms with Crippen LogP contribution in [0.2, 0.25) is 0 Å². The average molecular weight is 415 g/mol. The lowest BCUT2D eigenvalue weighted by Gasteiger charge is -2.27. The third-order valence-corrected chi connectivity index (χ3v) is 5.31. The van der Waals surface area contributed by atoms with Crippen LogP contribution in [0.1, 0.15) is 12.2 Å². The van der Waals surface area contributed by atoms with Crippen LogP contribution in [-0.4, -0.2) is 55.8 Å². The van der Waals surface area contributed by atoms with Crippen molar-refractivity contribution in [2.75, 3.05) is 31.2 Å². The summed E-state index contributed by atoms with van der Waals surface area (Å²) >= 11 is 1.37. The Hall–Kier alpha value is -3.05. The van der Waals surface area contributed by atoms with Crippen LogP contribution in [0.3, 0.4) is 0 Å². The molecule has 0 spiro atoms. The van der Waals surface area contributed by atoms with Crippen LogP contribution in [0.4, 0.5) is 14.7 Å². The minimum absolute atomic E-state index is 0.105. The van der Waals surface area contributed by atoms with Crippen LogP contribution in [0.5, 0.6) is 0 Å². The van der Waals surface area contributed by atoms with Crippen LogP contribution in [0.15, 0.2) is 36.0 Å². The molecule has 3 aromatic heterocycles. The number of rotatable bonds is 4. The molecule has 0 aliphatic carbocycles. The van der Waals surface area contributed by atoms with Gasteiger partial charge in [-0.1, -0.05) is 12.1 Å². The van der Waals surface area contributed by atoms with Gasteiger partial charge in [0.2, 0.25) is 11.9 Å². The zero-order chi connectivity index (χ0) is 19.8. The van der Waals surface area contributed by atoms with Crippen molar-refractivity contribution in [1.82, 2.24) is 29.5 Å². The molecule has 1 saturated heterocycles. The van der Waals surface area contributed by atoms with Crippen LogP contribution >= 0.6 is 11.3 Å². The predicted molar refractivity (Wildman–Crippen MR) is 104 cm³/mol. The van der Waals surface area contributed by atoms with Crippen molar-refractivity contribution >= 4 is 28.3 Å². The summed E-state index contributed by atoms with van der Waals surface area (Å²) in [6.07, 6.45) is -1.13. The second-order valence-electron chi connectivity index (χ2n) is 6.32. The number of nitrogens with zero attached hydrogens (tertiary/aromatic N) is 7. The van der Waals surface area contributed by atoms with Crippen LogP contribution < -0.4 is 4.90 Å². The summed E-state index contributed by atoms with van der Waals surface area (Å²) < 4.78 is 34.3. The van der Waals surface area contributed by atoms with Gasteiger partial charge in [-0.3, -0.25) is 9.55 Å². The molecule has 0 saturated carbocycles. The Bertz CT molecular complexity index is 1140. The maximum absolute atomic E-state index is 13.8. The first-order valence-electron chi connectivity index (χ1n) is 8.94. The summed E-state index contributed by atoms with van der Waals surface area (Å²) in [5, 5.41) is 0. The highest BCUT2D eigenvalue weighted by Crippen LogP contribution is 2.29. The van der Waals surface area contributed by atoms with Gasteiger partial charge in [0.1, 0.15) is 0 Å². The Balaban J connectivity index is 1.73. The number of benzene rings is 1. The van der Waals surface area contributed by atoms with E-state index in [4.69, 9.17) is 4.74 Å². The average Bonchev–Trinajstić information content (AvgIpc) is 3.42. The number of fused-ring (bicyclic) bond motifs is 1. The second kappa shape index (κ2) is 7.41. The standard InChI is InChI=1S/C18H15F2N7OS/c19-14(20)16-22-11-3-1-2-4-12(11)27(16)18-24-15(13-9-21-10-29-13)23-17(25-18)26-5-7-28-8-6-26/h1-4,9-10,14H,5-8H2. The van der Waals surface area contributed by atoms with Crippen molar-refractivity contribution in [2.45, 2.75) is 6.43 Å². The number of anilines is 1. The predicted octanol–water partition coefficient (Wildman–Crippen LogP) is 3.11. The van der Waals surface area contributed by atoms with Crippen LogP contribution in [-0.2, 0) is 4.74 Å². The molecule has 0 radical (unpaired) electrons. The van der Waals surface area contributed by atoms with Gasteiger partial charge in [0, 0.05) is 19.3 Å². The van der Waals surface area contributed by atoms with Gasteiger partial charge >= 0.3 is 0 Å². The van der Waals surface area contributed by atoms with Gasteiger partial charge in [-0.15, -0.1) is 11.3 Å². The summed E-state index contributed by atoms with van der Waals surface area (Å²) in [6, 6.07) is 6.93. The Kier molecular flexibility index (Phi) is 4.60. The maximum atomic E-state index is 13.8. The first-order valence-corrected chi connectivity index (χ1v) is 9.82. The molecule has 4 aromatic rings. The molecule has 11 heteroatoms. The Morgan fingerprint density at radius 1 is 1.00 bits per heavy atom. The third-order valence-electron chi connectivity index (χ3n) is 4.54. The molecule has 1 aromatic carbocycles. The molecule has 0 amide bonds. The van der Waals surface area contributed by atoms with E-state index in [1.807, 2.05) is 4.90 Å². The molecule has 4 heterocycles. The van der Waals surface area contributed by atoms with Gasteiger partial charge in [0.15, 0.2) is 11.6 Å². The van der Waals surface area contributed by atoms with Crippen molar-refractivity contribution in [3.63, 3.8) is 0 Å².